The van der Waals surface area contributed by atoms with Crippen LogP contribution in [-0.4, -0.2) is 84.1 Å². The molecule has 1 fully saturated rings. The van der Waals surface area contributed by atoms with Gasteiger partial charge in [0.1, 0.15) is 24.4 Å². The molecule has 1 aliphatic carbocycles. The molecule has 12 heteroatoms. The van der Waals surface area contributed by atoms with E-state index in [1.54, 1.807) is 18.2 Å². The number of carbonyl (C=O) groups is 1. The van der Waals surface area contributed by atoms with Gasteiger partial charge in [-0.05, 0) is 54.0 Å². The molecule has 5 N–H and O–H groups in total. The van der Waals surface area contributed by atoms with Gasteiger partial charge in [0.25, 0.3) is 0 Å². The first kappa shape index (κ1) is 29.1. The van der Waals surface area contributed by atoms with Gasteiger partial charge in [0.05, 0.1) is 31.8 Å². The maximum Gasteiger partial charge on any atom is 0.229 e. The number of rotatable bonds is 7. The fourth-order valence-corrected chi connectivity index (χ4v) is 5.55. The number of fused-ring (bicyclic) bond motifs is 3. The Kier molecular flexibility index (Phi) is 9.04. The van der Waals surface area contributed by atoms with Crippen LogP contribution < -0.4 is 25.0 Å². The Morgan fingerprint density at radius 1 is 1.10 bits per heavy atom. The van der Waals surface area contributed by atoms with E-state index in [1.807, 2.05) is 12.3 Å². The molecule has 39 heavy (non-hydrogen) atoms. The van der Waals surface area contributed by atoms with Crippen LogP contribution >= 0.6 is 11.8 Å². The minimum atomic E-state index is -1.62. The number of hydrogen-bond acceptors (Lipinski definition) is 11. The smallest absolute Gasteiger partial charge is 0.229 e. The summed E-state index contributed by atoms with van der Waals surface area (Å²) in [5, 5.41) is 43.4. The molecule has 1 amide bonds. The highest BCUT2D eigenvalue weighted by molar-refractivity contribution is 7.98. The molecule has 1 heterocycles. The van der Waals surface area contributed by atoms with Crippen molar-refractivity contribution < 1.29 is 44.2 Å². The lowest BCUT2D eigenvalue weighted by Crippen LogP contribution is -2.60. The van der Waals surface area contributed by atoms with E-state index in [0.29, 0.717) is 40.2 Å². The molecule has 0 aromatic heterocycles. The topological polar surface area (TPSA) is 164 Å². The Balaban J connectivity index is 1.89. The van der Waals surface area contributed by atoms with E-state index < -0.39 is 43.4 Å². The molecule has 2 aromatic carbocycles. The van der Waals surface area contributed by atoms with Crippen LogP contribution in [0.1, 0.15) is 30.5 Å². The summed E-state index contributed by atoms with van der Waals surface area (Å²) in [4.78, 5) is 25.6. The normalized spacial score (nSPS) is 26.1. The van der Waals surface area contributed by atoms with Crippen molar-refractivity contribution in [1.29, 1.82) is 0 Å². The van der Waals surface area contributed by atoms with Crippen LogP contribution in [-0.2, 0) is 16.0 Å². The van der Waals surface area contributed by atoms with E-state index in [9.17, 15) is 30.0 Å². The van der Waals surface area contributed by atoms with Crippen LogP contribution in [0.25, 0.3) is 11.1 Å². The van der Waals surface area contributed by atoms with Crippen LogP contribution in [0.3, 0.4) is 0 Å². The number of aryl methyl sites for hydroxylation is 1. The van der Waals surface area contributed by atoms with Gasteiger partial charge in [-0.15, -0.1) is 11.8 Å². The van der Waals surface area contributed by atoms with Gasteiger partial charge in [-0.2, -0.15) is 0 Å². The van der Waals surface area contributed by atoms with Gasteiger partial charge in [-0.1, -0.05) is 6.07 Å². The molecule has 0 saturated carbocycles. The predicted molar refractivity (Wildman–Crippen MR) is 142 cm³/mol. The molecular weight excluding hydrogens is 530 g/mol. The lowest BCUT2D eigenvalue weighted by atomic mass is 9.95. The van der Waals surface area contributed by atoms with Crippen molar-refractivity contribution in [3.8, 4) is 28.4 Å². The minimum absolute atomic E-state index is 0.131. The molecule has 4 rings (SSSR count). The van der Waals surface area contributed by atoms with Gasteiger partial charge < -0.3 is 44.7 Å². The first-order valence-corrected chi connectivity index (χ1v) is 13.6. The first-order chi connectivity index (χ1) is 18.6. The van der Waals surface area contributed by atoms with E-state index in [2.05, 4.69) is 5.32 Å². The molecule has 1 aliphatic heterocycles. The van der Waals surface area contributed by atoms with Crippen molar-refractivity contribution in [2.75, 3.05) is 27.1 Å². The largest absolute Gasteiger partial charge is 0.492 e. The summed E-state index contributed by atoms with van der Waals surface area (Å²) >= 11 is 1.32. The first-order valence-electron chi connectivity index (χ1n) is 12.4. The number of ether oxygens (including phenoxy) is 4. The van der Waals surface area contributed by atoms with Crippen molar-refractivity contribution in [3.05, 3.63) is 45.6 Å². The van der Waals surface area contributed by atoms with Crippen molar-refractivity contribution in [1.82, 2.24) is 5.32 Å². The van der Waals surface area contributed by atoms with Gasteiger partial charge in [-0.3, -0.25) is 9.59 Å². The van der Waals surface area contributed by atoms with Crippen LogP contribution in [0.2, 0.25) is 0 Å². The maximum atomic E-state index is 13.0. The van der Waals surface area contributed by atoms with Crippen molar-refractivity contribution >= 4 is 17.7 Å². The van der Waals surface area contributed by atoms with E-state index >= 15 is 0 Å². The molecule has 0 spiro atoms. The van der Waals surface area contributed by atoms with E-state index in [-0.39, 0.29) is 22.8 Å². The summed E-state index contributed by atoms with van der Waals surface area (Å²) in [6.45, 7) is 0.815. The number of methoxy groups -OCH3 is 2. The zero-order valence-corrected chi connectivity index (χ0v) is 22.9. The molecule has 2 aromatic rings. The lowest BCUT2D eigenvalue weighted by molar-refractivity contribution is -0.277. The molecule has 6 atom stereocenters. The third-order valence-electron chi connectivity index (χ3n) is 6.97. The molecule has 11 nitrogen and oxygen atoms in total. The Morgan fingerprint density at radius 3 is 2.44 bits per heavy atom. The standard InChI is InChI=1S/C27H33NO10S/c1-12(30)28-16-7-5-13-9-18(37-27-24(34)23(33)22(32)19(11-29)38-27)25(35-2)26(36-3)21(13)14-6-8-20(39-4)17(31)10-15(14)16/h6,8-10,16,19,22-24,27,29,32-34H,5,7,11H2,1-4H3,(H,28,30)/t16-,19?,22?,23?,24?,27?/m1/s1. The number of carbonyl (C=O) groups excluding carboxylic acids is 1. The summed E-state index contributed by atoms with van der Waals surface area (Å²) in [5.41, 5.74) is 2.55. The highest BCUT2D eigenvalue weighted by Gasteiger charge is 2.45. The minimum Gasteiger partial charge on any atom is -0.492 e. The van der Waals surface area contributed by atoms with E-state index in [4.69, 9.17) is 18.9 Å². The zero-order valence-electron chi connectivity index (χ0n) is 22.0. The zero-order chi connectivity index (χ0) is 28.4. The number of benzene rings is 1. The Labute approximate surface area is 229 Å². The van der Waals surface area contributed by atoms with Crippen molar-refractivity contribution in [2.45, 2.75) is 61.4 Å². The predicted octanol–water partition coefficient (Wildman–Crippen LogP) is 0.755. The fraction of sp³-hybridized carbons (Fsp3) is 0.481. The Hall–Kier alpha value is -2.87. The summed E-state index contributed by atoms with van der Waals surface area (Å²) in [7, 11) is 2.87. The average molecular weight is 564 g/mol. The quantitative estimate of drug-likeness (QED) is 0.302. The molecule has 1 saturated heterocycles. The third kappa shape index (κ3) is 5.58. The van der Waals surface area contributed by atoms with Crippen LogP contribution in [0.5, 0.6) is 17.2 Å². The lowest BCUT2D eigenvalue weighted by Gasteiger charge is -2.39. The summed E-state index contributed by atoms with van der Waals surface area (Å²) < 4.78 is 23.0. The van der Waals surface area contributed by atoms with E-state index in [1.165, 1.54) is 32.9 Å². The summed E-state index contributed by atoms with van der Waals surface area (Å²) in [6.07, 6.45) is -4.64. The highest BCUT2D eigenvalue weighted by Crippen LogP contribution is 2.50. The second-order valence-electron chi connectivity index (χ2n) is 9.36. The number of nitrogens with one attached hydrogen (secondary N) is 1. The maximum absolute atomic E-state index is 13.0. The summed E-state index contributed by atoms with van der Waals surface area (Å²) in [5.74, 6) is 0.350. The molecule has 5 unspecified atom stereocenters. The molecule has 212 valence electrons. The highest BCUT2D eigenvalue weighted by atomic mass is 32.2. The van der Waals surface area contributed by atoms with Crippen molar-refractivity contribution in [3.63, 3.8) is 0 Å². The molecule has 2 aliphatic rings. The van der Waals surface area contributed by atoms with Gasteiger partial charge in [-0.25, -0.2) is 0 Å². The van der Waals surface area contributed by atoms with Crippen LogP contribution in [0, 0.1) is 0 Å². The Morgan fingerprint density at radius 2 is 1.82 bits per heavy atom. The monoisotopic (exact) mass is 563 g/mol. The van der Waals surface area contributed by atoms with Gasteiger partial charge in [0.15, 0.2) is 16.9 Å². The van der Waals surface area contributed by atoms with E-state index in [0.717, 1.165) is 5.56 Å². The van der Waals surface area contributed by atoms with Gasteiger partial charge in [0.2, 0.25) is 17.9 Å². The SMILES string of the molecule is COc1c(OC2OC(CO)C(O)C(O)C2O)cc2c(c1OC)-c1ccc(SC)c(=O)cc1[C@H](NC(C)=O)CC2. The molecule has 0 radical (unpaired) electrons. The van der Waals surface area contributed by atoms with Crippen LogP contribution in [0.4, 0.5) is 0 Å². The number of thioether (sulfide) groups is 1. The number of hydrogen-bond donors (Lipinski definition) is 5. The average Bonchev–Trinajstić information content (AvgIpc) is 3.16. The second-order valence-corrected chi connectivity index (χ2v) is 10.2. The second kappa shape index (κ2) is 12.1. The number of aliphatic hydroxyl groups excluding tert-OH is 4. The number of aliphatic hydroxyl groups is 4. The Bertz CT molecular complexity index is 1290. The third-order valence-corrected chi connectivity index (χ3v) is 7.75. The fourth-order valence-electron chi connectivity index (χ4n) is 5.09. The van der Waals surface area contributed by atoms with Gasteiger partial charge in [0, 0.05) is 12.5 Å². The van der Waals surface area contributed by atoms with Crippen LogP contribution in [0.15, 0.2) is 34.0 Å². The number of amides is 1. The van der Waals surface area contributed by atoms with Gasteiger partial charge >= 0.3 is 0 Å². The molecule has 0 bridgehead atoms. The molecular formula is C27H33NO10S. The van der Waals surface area contributed by atoms with Crippen molar-refractivity contribution in [2.24, 2.45) is 0 Å². The summed E-state index contributed by atoms with van der Waals surface area (Å²) in [6, 6.07) is 6.34.